The predicted octanol–water partition coefficient (Wildman–Crippen LogP) is 4.56. The molecule has 1 N–H and O–H groups in total. The van der Waals surface area contributed by atoms with Crippen LogP contribution in [0.1, 0.15) is 24.1 Å². The van der Waals surface area contributed by atoms with Gasteiger partial charge in [0, 0.05) is 15.0 Å². The third kappa shape index (κ3) is 4.16. The zero-order valence-corrected chi connectivity index (χ0v) is 15.6. The number of benzene rings is 2. The van der Waals surface area contributed by atoms with Gasteiger partial charge in [0.25, 0.3) is 0 Å². The molecule has 0 aliphatic carbocycles. The zero-order chi connectivity index (χ0) is 15.6. The number of hydrogen-bond donors (Lipinski definition) is 1. The SMILES string of the molecule is Cc1cc(S(=O)(=O)NC(C)c2ccc(Br)cc2)ccc1Br. The first-order valence-corrected chi connectivity index (χ1v) is 9.40. The second-order valence-electron chi connectivity index (χ2n) is 4.81. The molecule has 0 aliphatic heterocycles. The highest BCUT2D eigenvalue weighted by molar-refractivity contribution is 9.10. The van der Waals surface area contributed by atoms with Crippen LogP contribution in [0.25, 0.3) is 0 Å². The van der Waals surface area contributed by atoms with Gasteiger partial charge in [0.2, 0.25) is 10.0 Å². The summed E-state index contributed by atoms with van der Waals surface area (Å²) in [5, 5.41) is 0. The van der Waals surface area contributed by atoms with E-state index in [0.29, 0.717) is 0 Å². The van der Waals surface area contributed by atoms with Crippen LogP contribution in [0.3, 0.4) is 0 Å². The van der Waals surface area contributed by atoms with Crippen molar-refractivity contribution in [3.05, 3.63) is 62.5 Å². The smallest absolute Gasteiger partial charge is 0.207 e. The molecule has 0 spiro atoms. The van der Waals surface area contributed by atoms with E-state index in [1.54, 1.807) is 18.2 Å². The van der Waals surface area contributed by atoms with Crippen molar-refractivity contribution in [1.29, 1.82) is 0 Å². The fourth-order valence-electron chi connectivity index (χ4n) is 1.90. The summed E-state index contributed by atoms with van der Waals surface area (Å²) in [5.74, 6) is 0. The maximum absolute atomic E-state index is 12.4. The quantitative estimate of drug-likeness (QED) is 0.769. The highest BCUT2D eigenvalue weighted by Gasteiger charge is 2.18. The number of halogens is 2. The molecule has 0 radical (unpaired) electrons. The minimum Gasteiger partial charge on any atom is -0.207 e. The summed E-state index contributed by atoms with van der Waals surface area (Å²) in [4.78, 5) is 0.271. The highest BCUT2D eigenvalue weighted by Crippen LogP contribution is 2.22. The third-order valence-electron chi connectivity index (χ3n) is 3.14. The maximum atomic E-state index is 12.4. The van der Waals surface area contributed by atoms with Gasteiger partial charge in [-0.25, -0.2) is 13.1 Å². The lowest BCUT2D eigenvalue weighted by Crippen LogP contribution is -2.26. The van der Waals surface area contributed by atoms with Crippen LogP contribution in [0.2, 0.25) is 0 Å². The molecule has 2 aromatic carbocycles. The van der Waals surface area contributed by atoms with Gasteiger partial charge in [-0.2, -0.15) is 0 Å². The van der Waals surface area contributed by atoms with Gasteiger partial charge < -0.3 is 0 Å². The van der Waals surface area contributed by atoms with Crippen molar-refractivity contribution in [1.82, 2.24) is 4.72 Å². The van der Waals surface area contributed by atoms with E-state index in [-0.39, 0.29) is 10.9 Å². The first-order chi connectivity index (χ1) is 9.79. The minimum atomic E-state index is -3.54. The first-order valence-electron chi connectivity index (χ1n) is 6.33. The molecule has 112 valence electrons. The van der Waals surface area contributed by atoms with Crippen molar-refractivity contribution in [2.75, 3.05) is 0 Å². The second kappa shape index (κ2) is 6.60. The van der Waals surface area contributed by atoms with Crippen LogP contribution in [0.4, 0.5) is 0 Å². The summed E-state index contributed by atoms with van der Waals surface area (Å²) in [7, 11) is -3.54. The van der Waals surface area contributed by atoms with E-state index < -0.39 is 10.0 Å². The van der Waals surface area contributed by atoms with Crippen molar-refractivity contribution in [3.8, 4) is 0 Å². The van der Waals surface area contributed by atoms with Crippen molar-refractivity contribution >= 4 is 41.9 Å². The van der Waals surface area contributed by atoms with Crippen LogP contribution >= 0.6 is 31.9 Å². The average molecular weight is 433 g/mol. The van der Waals surface area contributed by atoms with E-state index >= 15 is 0 Å². The standard InChI is InChI=1S/C15H15Br2NO2S/c1-10-9-14(7-8-15(10)17)21(19,20)18-11(2)12-3-5-13(16)6-4-12/h3-9,11,18H,1-2H3. The van der Waals surface area contributed by atoms with Crippen molar-refractivity contribution in [2.24, 2.45) is 0 Å². The monoisotopic (exact) mass is 431 g/mol. The summed E-state index contributed by atoms with van der Waals surface area (Å²) in [6, 6.07) is 12.3. The average Bonchev–Trinajstić information content (AvgIpc) is 2.42. The Morgan fingerprint density at radius 1 is 1.05 bits per heavy atom. The van der Waals surface area contributed by atoms with E-state index in [1.807, 2.05) is 38.1 Å². The molecule has 21 heavy (non-hydrogen) atoms. The van der Waals surface area contributed by atoms with Gasteiger partial charge in [-0.1, -0.05) is 44.0 Å². The molecule has 1 unspecified atom stereocenters. The van der Waals surface area contributed by atoms with E-state index in [2.05, 4.69) is 36.6 Å². The fourth-order valence-corrected chi connectivity index (χ4v) is 3.73. The van der Waals surface area contributed by atoms with Crippen LogP contribution in [-0.2, 0) is 10.0 Å². The molecule has 0 fully saturated rings. The second-order valence-corrected chi connectivity index (χ2v) is 8.29. The molecule has 1 atom stereocenters. The summed E-state index contributed by atoms with van der Waals surface area (Å²) in [5.41, 5.74) is 1.80. The lowest BCUT2D eigenvalue weighted by Gasteiger charge is -2.15. The Kier molecular flexibility index (Phi) is 5.24. The van der Waals surface area contributed by atoms with Crippen LogP contribution in [0.15, 0.2) is 56.3 Å². The molecule has 6 heteroatoms. The number of sulfonamides is 1. The molecule has 0 aliphatic rings. The summed E-state index contributed by atoms with van der Waals surface area (Å²) in [6.45, 7) is 3.69. The highest BCUT2D eigenvalue weighted by atomic mass is 79.9. The van der Waals surface area contributed by atoms with Crippen LogP contribution in [-0.4, -0.2) is 8.42 Å². The summed E-state index contributed by atoms with van der Waals surface area (Å²) in [6.07, 6.45) is 0. The van der Waals surface area contributed by atoms with Crippen LogP contribution in [0, 0.1) is 6.92 Å². The Morgan fingerprint density at radius 3 is 2.24 bits per heavy atom. The number of nitrogens with one attached hydrogen (secondary N) is 1. The van der Waals surface area contributed by atoms with Gasteiger partial charge >= 0.3 is 0 Å². The van der Waals surface area contributed by atoms with E-state index in [1.165, 1.54) is 0 Å². The summed E-state index contributed by atoms with van der Waals surface area (Å²) < 4.78 is 29.4. The molecule has 0 amide bonds. The summed E-state index contributed by atoms with van der Waals surface area (Å²) >= 11 is 6.74. The largest absolute Gasteiger partial charge is 0.241 e. The van der Waals surface area contributed by atoms with Crippen molar-refractivity contribution in [3.63, 3.8) is 0 Å². The van der Waals surface area contributed by atoms with E-state index in [4.69, 9.17) is 0 Å². The fraction of sp³-hybridized carbons (Fsp3) is 0.200. The molecule has 0 bridgehead atoms. The Bertz CT molecular complexity index is 743. The van der Waals surface area contributed by atoms with Crippen LogP contribution in [0.5, 0.6) is 0 Å². The van der Waals surface area contributed by atoms with Crippen molar-refractivity contribution < 1.29 is 8.42 Å². The Balaban J connectivity index is 2.24. The van der Waals surface area contributed by atoms with Gasteiger partial charge in [-0.05, 0) is 55.3 Å². The lowest BCUT2D eigenvalue weighted by atomic mass is 10.1. The molecule has 2 aromatic rings. The van der Waals surface area contributed by atoms with Gasteiger partial charge in [-0.15, -0.1) is 0 Å². The molecule has 0 aromatic heterocycles. The van der Waals surface area contributed by atoms with Crippen LogP contribution < -0.4 is 4.72 Å². The Morgan fingerprint density at radius 2 is 1.67 bits per heavy atom. The third-order valence-corrected chi connectivity index (χ3v) is 6.10. The molecule has 2 rings (SSSR count). The minimum absolute atomic E-state index is 0.271. The number of aryl methyl sites for hydroxylation is 1. The molecular formula is C15H15Br2NO2S. The molecule has 0 saturated carbocycles. The molecule has 3 nitrogen and oxygen atoms in total. The Hall–Kier alpha value is -0.690. The van der Waals surface area contributed by atoms with Gasteiger partial charge in [0.1, 0.15) is 0 Å². The van der Waals surface area contributed by atoms with Crippen molar-refractivity contribution in [2.45, 2.75) is 24.8 Å². The van der Waals surface area contributed by atoms with Gasteiger partial charge in [-0.3, -0.25) is 0 Å². The molecular weight excluding hydrogens is 418 g/mol. The molecule has 0 saturated heterocycles. The van der Waals surface area contributed by atoms with Gasteiger partial charge in [0.05, 0.1) is 4.90 Å². The maximum Gasteiger partial charge on any atom is 0.241 e. The van der Waals surface area contributed by atoms with E-state index in [0.717, 1.165) is 20.1 Å². The molecule has 0 heterocycles. The normalized spacial score (nSPS) is 13.1. The predicted molar refractivity (Wildman–Crippen MR) is 91.8 cm³/mol. The van der Waals surface area contributed by atoms with Gasteiger partial charge in [0.15, 0.2) is 0 Å². The topological polar surface area (TPSA) is 46.2 Å². The lowest BCUT2D eigenvalue weighted by molar-refractivity contribution is 0.567. The number of rotatable bonds is 4. The number of hydrogen-bond acceptors (Lipinski definition) is 2. The zero-order valence-electron chi connectivity index (χ0n) is 11.6. The Labute approximate surface area is 142 Å². The first kappa shape index (κ1) is 16.7. The van der Waals surface area contributed by atoms with E-state index in [9.17, 15) is 8.42 Å².